The zero-order valence-electron chi connectivity index (χ0n) is 10.2. The van der Waals surface area contributed by atoms with E-state index in [0.29, 0.717) is 0 Å². The summed E-state index contributed by atoms with van der Waals surface area (Å²) in [6.45, 7) is 4.67. The van der Waals surface area contributed by atoms with Gasteiger partial charge in [-0.25, -0.2) is 0 Å². The summed E-state index contributed by atoms with van der Waals surface area (Å²) in [6, 6.07) is 0.786. The first-order valence-corrected chi connectivity index (χ1v) is 6.31. The number of likely N-dealkylation sites (tertiary alicyclic amines) is 2. The Balaban J connectivity index is 2.07. The van der Waals surface area contributed by atoms with Crippen LogP contribution in [-0.4, -0.2) is 56.1 Å². The van der Waals surface area contributed by atoms with Crippen LogP contribution in [0.25, 0.3) is 0 Å². The molecule has 0 aromatic carbocycles. The van der Waals surface area contributed by atoms with Crippen molar-refractivity contribution >= 4 is 0 Å². The number of fused-ring (bicyclic) bond motifs is 1. The van der Waals surface area contributed by atoms with Crippen LogP contribution in [0.2, 0.25) is 0 Å². The fourth-order valence-corrected chi connectivity index (χ4v) is 3.50. The van der Waals surface area contributed by atoms with Crippen LogP contribution in [-0.2, 0) is 0 Å². The molecule has 0 aromatic rings. The van der Waals surface area contributed by atoms with E-state index in [1.807, 2.05) is 0 Å². The van der Waals surface area contributed by atoms with Crippen molar-refractivity contribution < 1.29 is 0 Å². The lowest BCUT2D eigenvalue weighted by molar-refractivity contribution is 0.199. The molecule has 3 nitrogen and oxygen atoms in total. The van der Waals surface area contributed by atoms with Crippen molar-refractivity contribution in [1.29, 1.82) is 0 Å². The number of nitrogens with zero attached hydrogens (tertiary/aromatic N) is 2. The molecule has 2 N–H and O–H groups in total. The Bertz CT molecular complexity index is 207. The molecule has 2 aliphatic heterocycles. The van der Waals surface area contributed by atoms with Gasteiger partial charge in [0.25, 0.3) is 0 Å². The molecule has 2 aliphatic rings. The molecule has 88 valence electrons. The van der Waals surface area contributed by atoms with Gasteiger partial charge in [0, 0.05) is 19.1 Å². The standard InChI is InChI=1S/C12H25N3/c1-14-8-11-10(5-6-13)4-3-7-15(2)12(11)9-14/h10-12H,3-9,13H2,1-2H3. The minimum atomic E-state index is 0.786. The van der Waals surface area contributed by atoms with Gasteiger partial charge in [-0.3, -0.25) is 0 Å². The van der Waals surface area contributed by atoms with Crippen molar-refractivity contribution in [1.82, 2.24) is 9.80 Å². The van der Waals surface area contributed by atoms with Crippen molar-refractivity contribution in [3.8, 4) is 0 Å². The molecule has 3 heteroatoms. The van der Waals surface area contributed by atoms with Crippen molar-refractivity contribution in [3.63, 3.8) is 0 Å². The SMILES string of the molecule is CN1CC2C(CCN)CCCN(C)C2C1. The maximum Gasteiger partial charge on any atom is 0.0263 e. The number of nitrogens with two attached hydrogens (primary N) is 1. The third kappa shape index (κ3) is 2.35. The highest BCUT2D eigenvalue weighted by atomic mass is 15.2. The number of hydrogen-bond acceptors (Lipinski definition) is 3. The average Bonchev–Trinajstić information content (AvgIpc) is 2.53. The van der Waals surface area contributed by atoms with Crippen LogP contribution in [0.1, 0.15) is 19.3 Å². The summed E-state index contributed by atoms with van der Waals surface area (Å²) in [7, 11) is 4.55. The van der Waals surface area contributed by atoms with Gasteiger partial charge in [-0.1, -0.05) is 0 Å². The van der Waals surface area contributed by atoms with Crippen LogP contribution < -0.4 is 5.73 Å². The molecule has 0 bridgehead atoms. The van der Waals surface area contributed by atoms with Gasteiger partial charge >= 0.3 is 0 Å². The molecule has 2 saturated heterocycles. The summed E-state index contributed by atoms with van der Waals surface area (Å²) in [5.74, 6) is 1.74. The second-order valence-corrected chi connectivity index (χ2v) is 5.41. The largest absolute Gasteiger partial charge is 0.330 e. The zero-order valence-corrected chi connectivity index (χ0v) is 10.2. The van der Waals surface area contributed by atoms with Crippen LogP contribution in [0.15, 0.2) is 0 Å². The maximum atomic E-state index is 5.74. The Kier molecular flexibility index (Phi) is 3.65. The first kappa shape index (κ1) is 11.4. The van der Waals surface area contributed by atoms with Crippen molar-refractivity contribution in [3.05, 3.63) is 0 Å². The number of rotatable bonds is 2. The number of hydrogen-bond donors (Lipinski definition) is 1. The lowest BCUT2D eigenvalue weighted by Gasteiger charge is -2.29. The van der Waals surface area contributed by atoms with Crippen LogP contribution in [0, 0.1) is 11.8 Å². The van der Waals surface area contributed by atoms with Crippen LogP contribution in [0.4, 0.5) is 0 Å². The first-order chi connectivity index (χ1) is 7.22. The van der Waals surface area contributed by atoms with E-state index in [0.717, 1.165) is 24.4 Å². The molecule has 2 heterocycles. The van der Waals surface area contributed by atoms with Gasteiger partial charge in [-0.15, -0.1) is 0 Å². The van der Waals surface area contributed by atoms with Gasteiger partial charge in [0.15, 0.2) is 0 Å². The Morgan fingerprint density at radius 1 is 1.27 bits per heavy atom. The lowest BCUT2D eigenvalue weighted by Crippen LogP contribution is -2.38. The first-order valence-electron chi connectivity index (χ1n) is 6.31. The molecule has 0 amide bonds. The summed E-state index contributed by atoms with van der Waals surface area (Å²) in [5.41, 5.74) is 5.74. The van der Waals surface area contributed by atoms with Gasteiger partial charge < -0.3 is 15.5 Å². The normalized spacial score (nSPS) is 39.0. The predicted molar refractivity (Wildman–Crippen MR) is 63.8 cm³/mol. The Morgan fingerprint density at radius 2 is 2.07 bits per heavy atom. The van der Waals surface area contributed by atoms with Crippen LogP contribution in [0.3, 0.4) is 0 Å². The molecule has 2 rings (SSSR count). The van der Waals surface area contributed by atoms with E-state index in [1.165, 1.54) is 38.9 Å². The third-order valence-corrected chi connectivity index (χ3v) is 4.31. The molecule has 2 fully saturated rings. The smallest absolute Gasteiger partial charge is 0.0263 e. The molecule has 0 radical (unpaired) electrons. The fraction of sp³-hybridized carbons (Fsp3) is 1.00. The highest BCUT2D eigenvalue weighted by molar-refractivity contribution is 4.94. The molecule has 3 atom stereocenters. The molecule has 0 saturated carbocycles. The maximum absolute atomic E-state index is 5.74. The van der Waals surface area contributed by atoms with E-state index in [2.05, 4.69) is 23.9 Å². The second kappa shape index (κ2) is 4.81. The molecule has 0 aromatic heterocycles. The van der Waals surface area contributed by atoms with E-state index >= 15 is 0 Å². The Morgan fingerprint density at radius 3 is 2.80 bits per heavy atom. The van der Waals surface area contributed by atoms with Crippen LogP contribution >= 0.6 is 0 Å². The molecule has 3 unspecified atom stereocenters. The van der Waals surface area contributed by atoms with Gasteiger partial charge in [0.05, 0.1) is 0 Å². The predicted octanol–water partition coefficient (Wildman–Crippen LogP) is 0.607. The van der Waals surface area contributed by atoms with Crippen LogP contribution in [0.5, 0.6) is 0 Å². The van der Waals surface area contributed by atoms with Gasteiger partial charge in [-0.2, -0.15) is 0 Å². The fourth-order valence-electron chi connectivity index (χ4n) is 3.50. The Labute approximate surface area is 93.6 Å². The third-order valence-electron chi connectivity index (χ3n) is 4.31. The second-order valence-electron chi connectivity index (χ2n) is 5.41. The average molecular weight is 211 g/mol. The summed E-state index contributed by atoms with van der Waals surface area (Å²) < 4.78 is 0. The van der Waals surface area contributed by atoms with E-state index in [4.69, 9.17) is 5.73 Å². The van der Waals surface area contributed by atoms with E-state index in [9.17, 15) is 0 Å². The zero-order chi connectivity index (χ0) is 10.8. The quantitative estimate of drug-likeness (QED) is 0.726. The lowest BCUT2D eigenvalue weighted by atomic mass is 9.84. The Hall–Kier alpha value is -0.120. The highest BCUT2D eigenvalue weighted by Gasteiger charge is 2.39. The minimum absolute atomic E-state index is 0.786. The van der Waals surface area contributed by atoms with Gasteiger partial charge in [-0.05, 0) is 58.3 Å². The molecular weight excluding hydrogens is 186 g/mol. The molecule has 15 heavy (non-hydrogen) atoms. The van der Waals surface area contributed by atoms with E-state index in [1.54, 1.807) is 0 Å². The van der Waals surface area contributed by atoms with E-state index < -0.39 is 0 Å². The summed E-state index contributed by atoms with van der Waals surface area (Å²) in [5, 5.41) is 0. The van der Waals surface area contributed by atoms with Gasteiger partial charge in [0.1, 0.15) is 0 Å². The van der Waals surface area contributed by atoms with Gasteiger partial charge in [0.2, 0.25) is 0 Å². The van der Waals surface area contributed by atoms with Crippen molar-refractivity contribution in [2.45, 2.75) is 25.3 Å². The van der Waals surface area contributed by atoms with E-state index in [-0.39, 0.29) is 0 Å². The minimum Gasteiger partial charge on any atom is -0.330 e. The van der Waals surface area contributed by atoms with Crippen molar-refractivity contribution in [2.75, 3.05) is 40.3 Å². The summed E-state index contributed by atoms with van der Waals surface area (Å²) in [4.78, 5) is 5.06. The monoisotopic (exact) mass is 211 g/mol. The molecule has 0 spiro atoms. The van der Waals surface area contributed by atoms with Crippen molar-refractivity contribution in [2.24, 2.45) is 17.6 Å². The topological polar surface area (TPSA) is 32.5 Å². The molecule has 0 aliphatic carbocycles. The molecular formula is C12H25N3. The highest BCUT2D eigenvalue weighted by Crippen LogP contribution is 2.34. The number of likely N-dealkylation sites (N-methyl/N-ethyl adjacent to an activating group) is 2. The summed E-state index contributed by atoms with van der Waals surface area (Å²) in [6.07, 6.45) is 3.97. The summed E-state index contributed by atoms with van der Waals surface area (Å²) >= 11 is 0.